The molecule has 0 N–H and O–H groups in total. The van der Waals surface area contributed by atoms with Gasteiger partial charge in [0.05, 0.1) is 0 Å². The van der Waals surface area contributed by atoms with Gasteiger partial charge in [-0.2, -0.15) is 0 Å². The third kappa shape index (κ3) is 13.4. The van der Waals surface area contributed by atoms with Crippen LogP contribution in [0.1, 0.15) is 12.8 Å². The Morgan fingerprint density at radius 3 is 1.71 bits per heavy atom. The molecule has 3 heteroatoms. The third-order valence-corrected chi connectivity index (χ3v) is 1.92. The molecule has 0 spiro atoms. The number of halogens is 2. The van der Waals surface area contributed by atoms with Crippen molar-refractivity contribution in [3.63, 3.8) is 0 Å². The van der Waals surface area contributed by atoms with Gasteiger partial charge in [-0.05, 0) is 76.5 Å². The predicted octanol–water partition coefficient (Wildman–Crippen LogP) is 4.76. The van der Waals surface area contributed by atoms with Crippen molar-refractivity contribution in [2.24, 2.45) is 0 Å². The molecule has 2 aliphatic rings. The first-order valence-electron chi connectivity index (χ1n) is 5.29. The summed E-state index contributed by atoms with van der Waals surface area (Å²) in [5.74, 6) is 1.41. The molecule has 88 valence electrons. The fraction of sp³-hybridized carbons (Fsp3) is 0.143. The summed E-state index contributed by atoms with van der Waals surface area (Å²) in [5.41, 5.74) is 0. The van der Waals surface area contributed by atoms with E-state index < -0.39 is 20.8 Å². The minimum atomic E-state index is -0.826. The molecule has 2 rings (SSSR count). The van der Waals surface area contributed by atoms with Crippen LogP contribution < -0.4 is 0 Å². The topological polar surface area (TPSA) is 0 Å². The Morgan fingerprint density at radius 1 is 0.941 bits per heavy atom. The van der Waals surface area contributed by atoms with Gasteiger partial charge in [0.1, 0.15) is 0 Å². The predicted molar refractivity (Wildman–Crippen MR) is 73.1 cm³/mol. The van der Waals surface area contributed by atoms with Crippen molar-refractivity contribution < 1.29 is 20.8 Å². The first-order valence-corrected chi connectivity index (χ1v) is 11.6. The molecule has 0 saturated heterocycles. The molecule has 0 bridgehead atoms. The van der Waals surface area contributed by atoms with E-state index in [4.69, 9.17) is 17.0 Å². The van der Waals surface area contributed by atoms with Gasteiger partial charge in [0.2, 0.25) is 0 Å². The van der Waals surface area contributed by atoms with Crippen LogP contribution in [0.4, 0.5) is 0 Å². The molecule has 0 unspecified atom stereocenters. The van der Waals surface area contributed by atoms with Crippen molar-refractivity contribution in [1.82, 2.24) is 0 Å². The van der Waals surface area contributed by atoms with Gasteiger partial charge in [0, 0.05) is 0 Å². The molecule has 2 fully saturated rings. The molecule has 0 aliphatic heterocycles. The molecular formula is C14H16Cl2Zr+2. The molecular weight excluding hydrogens is 330 g/mol. The summed E-state index contributed by atoms with van der Waals surface area (Å²) in [6, 6.07) is 0. The van der Waals surface area contributed by atoms with E-state index in [1.54, 1.807) is 0 Å². The molecule has 2 saturated carbocycles. The van der Waals surface area contributed by atoms with Crippen molar-refractivity contribution in [2.75, 3.05) is 0 Å². The molecule has 0 atom stereocenters. The fourth-order valence-corrected chi connectivity index (χ4v) is 1.17. The Bertz CT molecular complexity index is 145. The van der Waals surface area contributed by atoms with Crippen LogP contribution in [0.15, 0.2) is 12.7 Å². The summed E-state index contributed by atoms with van der Waals surface area (Å²) < 4.78 is 0. The van der Waals surface area contributed by atoms with Crippen LogP contribution in [-0.2, 0) is 20.8 Å². The molecule has 0 nitrogen and oxygen atoms in total. The summed E-state index contributed by atoms with van der Waals surface area (Å²) >= 11 is -0.826. The summed E-state index contributed by atoms with van der Waals surface area (Å²) in [5, 5.41) is 0. The van der Waals surface area contributed by atoms with Gasteiger partial charge in [-0.1, -0.05) is 6.08 Å². The van der Waals surface area contributed by atoms with Crippen LogP contribution in [0.3, 0.4) is 0 Å². The Hall–Kier alpha value is 1.20. The quantitative estimate of drug-likeness (QED) is 0.647. The average Bonchev–Trinajstić information content (AvgIpc) is 3.03. The van der Waals surface area contributed by atoms with Crippen LogP contribution >= 0.6 is 17.0 Å². The van der Waals surface area contributed by atoms with Gasteiger partial charge < -0.3 is 0 Å². The minimum absolute atomic E-state index is 0.826. The van der Waals surface area contributed by atoms with Gasteiger partial charge in [-0.15, -0.1) is 6.58 Å². The zero-order valence-electron chi connectivity index (χ0n) is 9.65. The average molecular weight is 346 g/mol. The van der Waals surface area contributed by atoms with Crippen LogP contribution in [-0.4, -0.2) is 0 Å². The van der Waals surface area contributed by atoms with Gasteiger partial charge in [0.15, 0.2) is 0 Å². The zero-order valence-corrected chi connectivity index (χ0v) is 13.6. The van der Waals surface area contributed by atoms with E-state index in [9.17, 15) is 0 Å². The first kappa shape index (κ1) is 18.2. The monoisotopic (exact) mass is 344 g/mol. The van der Waals surface area contributed by atoms with E-state index in [1.807, 2.05) is 38.2 Å². The first-order chi connectivity index (χ1) is 8.35. The zero-order chi connectivity index (χ0) is 12.8. The van der Waals surface area contributed by atoms with Crippen LogP contribution in [0.2, 0.25) is 0 Å². The second-order valence-electron chi connectivity index (χ2n) is 3.15. The van der Waals surface area contributed by atoms with Crippen molar-refractivity contribution >= 4 is 17.0 Å². The Balaban J connectivity index is 0.000000270. The molecule has 10 radical (unpaired) electrons. The molecule has 0 amide bonds. The SMILES string of the molecule is C=CCC[C]1[CH][CH][CH][CH]1.[CH]1[CH][CH][CH][CH]1.[Cl][Zr+2][Cl]. The van der Waals surface area contributed by atoms with Crippen LogP contribution in [0, 0.1) is 63.7 Å². The Labute approximate surface area is 126 Å². The Morgan fingerprint density at radius 2 is 1.35 bits per heavy atom. The van der Waals surface area contributed by atoms with Crippen molar-refractivity contribution in [3.8, 4) is 0 Å². The molecule has 2 aliphatic carbocycles. The van der Waals surface area contributed by atoms with Gasteiger partial charge in [-0.25, -0.2) is 0 Å². The van der Waals surface area contributed by atoms with E-state index in [2.05, 4.69) is 32.3 Å². The van der Waals surface area contributed by atoms with E-state index in [-0.39, 0.29) is 0 Å². The van der Waals surface area contributed by atoms with Crippen molar-refractivity contribution in [2.45, 2.75) is 12.8 Å². The van der Waals surface area contributed by atoms with Crippen LogP contribution in [0.5, 0.6) is 0 Å². The van der Waals surface area contributed by atoms with Gasteiger partial charge in [-0.3, -0.25) is 0 Å². The maximum atomic E-state index is 4.93. The Kier molecular flexibility index (Phi) is 16.3. The number of rotatable bonds is 3. The molecule has 0 aromatic rings. The van der Waals surface area contributed by atoms with Crippen LogP contribution in [0.25, 0.3) is 0 Å². The molecule has 0 heterocycles. The third-order valence-electron chi connectivity index (χ3n) is 1.92. The van der Waals surface area contributed by atoms with E-state index in [0.29, 0.717) is 0 Å². The second-order valence-corrected chi connectivity index (χ2v) is 6.89. The number of allylic oxidation sites excluding steroid dienone is 1. The standard InChI is InChI=1S/C9H11.C5H5.2ClH.Zr/c1-2-3-6-9-7-4-5-8-9;1-2-4-5-3-1;;;/h2,4-5,7-8H,1,3,6H2;1-5H;2*1H;/q;;;;+4/p-2. The summed E-state index contributed by atoms with van der Waals surface area (Å²) in [4.78, 5) is 0. The second kappa shape index (κ2) is 15.3. The van der Waals surface area contributed by atoms with Crippen molar-refractivity contribution in [3.05, 3.63) is 76.4 Å². The summed E-state index contributed by atoms with van der Waals surface area (Å²) in [6.45, 7) is 3.66. The van der Waals surface area contributed by atoms with E-state index in [1.165, 1.54) is 5.92 Å². The van der Waals surface area contributed by atoms with Crippen molar-refractivity contribution in [1.29, 1.82) is 0 Å². The normalized spacial score (nSPS) is 18.5. The van der Waals surface area contributed by atoms with Gasteiger partial charge >= 0.3 is 37.9 Å². The fourth-order valence-electron chi connectivity index (χ4n) is 1.17. The molecule has 17 heavy (non-hydrogen) atoms. The number of hydrogen-bond donors (Lipinski definition) is 0. The summed E-state index contributed by atoms with van der Waals surface area (Å²) in [6.07, 6.45) is 22.6. The molecule has 0 aromatic carbocycles. The van der Waals surface area contributed by atoms with Gasteiger partial charge in [0.25, 0.3) is 0 Å². The van der Waals surface area contributed by atoms with E-state index in [0.717, 1.165) is 12.8 Å². The summed E-state index contributed by atoms with van der Waals surface area (Å²) in [7, 11) is 9.87. The molecule has 0 aromatic heterocycles. The number of hydrogen-bond acceptors (Lipinski definition) is 0. The van der Waals surface area contributed by atoms with E-state index >= 15 is 0 Å². The maximum absolute atomic E-state index is 4.93.